The average molecular weight is 413 g/mol. The molecule has 1 aliphatic heterocycles. The predicted molar refractivity (Wildman–Crippen MR) is 107 cm³/mol. The molecule has 2 rings (SSSR count). The molecule has 0 radical (unpaired) electrons. The monoisotopic (exact) mass is 412 g/mol. The number of benzene rings is 1. The summed E-state index contributed by atoms with van der Waals surface area (Å²) in [6.45, 7) is 2.75. The first-order chi connectivity index (χ1) is 12.9. The van der Waals surface area contributed by atoms with Gasteiger partial charge in [0.25, 0.3) is 5.91 Å². The molecule has 0 atom stereocenters. The molecule has 7 nitrogen and oxygen atoms in total. The van der Waals surface area contributed by atoms with Crippen LogP contribution in [0.2, 0.25) is 0 Å². The van der Waals surface area contributed by atoms with E-state index < -0.39 is 18.5 Å². The summed E-state index contributed by atoms with van der Waals surface area (Å²) in [4.78, 5) is 34.6. The Balaban J connectivity index is 1.62. The molecular weight excluding hydrogens is 388 g/mol. The van der Waals surface area contributed by atoms with Crippen molar-refractivity contribution in [3.63, 3.8) is 0 Å². The molecule has 27 heavy (non-hydrogen) atoms. The Morgan fingerprint density at radius 3 is 2.37 bits per heavy atom. The van der Waals surface area contributed by atoms with E-state index in [1.807, 2.05) is 61.6 Å². The fourth-order valence-electron chi connectivity index (χ4n) is 2.20. The Labute approximate surface area is 167 Å². The van der Waals surface area contributed by atoms with E-state index in [-0.39, 0.29) is 25.1 Å². The van der Waals surface area contributed by atoms with Crippen molar-refractivity contribution in [1.82, 2.24) is 10.6 Å². The number of ether oxygens (including phenoxy) is 2. The van der Waals surface area contributed by atoms with Gasteiger partial charge < -0.3 is 20.1 Å². The molecule has 0 aliphatic carbocycles. The fraction of sp³-hybridized carbons (Fsp3) is 0.500. The summed E-state index contributed by atoms with van der Waals surface area (Å²) in [5.41, 5.74) is 1.23. The standard InChI is InChI=1S/C18H24N2O5S2/c1-12(2)20-15(21)9-19-16(22)10-25-17(23)11-24-14-5-3-13(4-6-14)18-26-7-8-27-18/h3-6,12,18H,7-11H2,1-2H3,(H,19,22)(H,20,21). The van der Waals surface area contributed by atoms with Gasteiger partial charge in [-0.2, -0.15) is 0 Å². The van der Waals surface area contributed by atoms with Gasteiger partial charge in [-0.25, -0.2) is 4.79 Å². The summed E-state index contributed by atoms with van der Waals surface area (Å²) >= 11 is 3.84. The third-order valence-corrected chi connectivity index (χ3v) is 6.50. The lowest BCUT2D eigenvalue weighted by molar-refractivity contribution is -0.150. The number of hydrogen-bond acceptors (Lipinski definition) is 7. The fourth-order valence-corrected chi connectivity index (χ4v) is 5.06. The molecule has 0 saturated carbocycles. The molecule has 1 fully saturated rings. The quantitative estimate of drug-likeness (QED) is 0.597. The molecule has 1 saturated heterocycles. The van der Waals surface area contributed by atoms with Crippen LogP contribution < -0.4 is 15.4 Å². The Hall–Kier alpha value is -1.87. The molecule has 148 valence electrons. The number of carbonyl (C=O) groups excluding carboxylic acids is 3. The lowest BCUT2D eigenvalue weighted by Gasteiger charge is -2.11. The van der Waals surface area contributed by atoms with E-state index in [2.05, 4.69) is 10.6 Å². The molecule has 0 spiro atoms. The summed E-state index contributed by atoms with van der Waals surface area (Å²) in [5, 5.41) is 5.02. The highest BCUT2D eigenvalue weighted by Crippen LogP contribution is 2.45. The first-order valence-electron chi connectivity index (χ1n) is 8.61. The van der Waals surface area contributed by atoms with Crippen LogP contribution >= 0.6 is 23.5 Å². The van der Waals surface area contributed by atoms with Crippen LogP contribution in [0, 0.1) is 0 Å². The zero-order valence-electron chi connectivity index (χ0n) is 15.4. The molecule has 0 bridgehead atoms. The molecule has 1 heterocycles. The van der Waals surface area contributed by atoms with Gasteiger partial charge in [-0.1, -0.05) is 12.1 Å². The largest absolute Gasteiger partial charge is 0.482 e. The summed E-state index contributed by atoms with van der Waals surface area (Å²) in [6, 6.07) is 7.62. The van der Waals surface area contributed by atoms with Crippen molar-refractivity contribution < 1.29 is 23.9 Å². The number of amides is 2. The van der Waals surface area contributed by atoms with Crippen molar-refractivity contribution >= 4 is 41.3 Å². The third kappa shape index (κ3) is 8.13. The third-order valence-electron chi connectivity index (χ3n) is 3.39. The predicted octanol–water partition coefficient (Wildman–Crippen LogP) is 1.73. The van der Waals surface area contributed by atoms with Crippen LogP contribution in [0.1, 0.15) is 24.0 Å². The molecule has 1 aliphatic rings. The van der Waals surface area contributed by atoms with Crippen LogP contribution in [0.4, 0.5) is 0 Å². The maximum absolute atomic E-state index is 11.7. The molecule has 0 unspecified atom stereocenters. The number of carbonyl (C=O) groups is 3. The minimum atomic E-state index is -0.650. The van der Waals surface area contributed by atoms with E-state index in [0.29, 0.717) is 10.3 Å². The van der Waals surface area contributed by atoms with Crippen molar-refractivity contribution in [2.75, 3.05) is 31.3 Å². The zero-order valence-corrected chi connectivity index (χ0v) is 17.0. The van der Waals surface area contributed by atoms with E-state index in [0.717, 1.165) is 11.5 Å². The molecule has 2 N–H and O–H groups in total. The molecule has 2 amide bonds. The van der Waals surface area contributed by atoms with Gasteiger partial charge in [0.1, 0.15) is 5.75 Å². The molecule has 0 aromatic heterocycles. The van der Waals surface area contributed by atoms with Gasteiger partial charge in [-0.05, 0) is 31.5 Å². The van der Waals surface area contributed by atoms with Gasteiger partial charge in [0, 0.05) is 17.5 Å². The van der Waals surface area contributed by atoms with Crippen molar-refractivity contribution in [3.8, 4) is 5.75 Å². The maximum Gasteiger partial charge on any atom is 0.344 e. The summed E-state index contributed by atoms with van der Waals surface area (Å²) in [6.07, 6.45) is 0. The van der Waals surface area contributed by atoms with Crippen molar-refractivity contribution in [1.29, 1.82) is 0 Å². The van der Waals surface area contributed by atoms with E-state index >= 15 is 0 Å². The highest BCUT2D eigenvalue weighted by molar-refractivity contribution is 8.19. The van der Waals surface area contributed by atoms with E-state index in [1.54, 1.807) is 0 Å². The van der Waals surface area contributed by atoms with Gasteiger partial charge in [0.2, 0.25) is 5.91 Å². The van der Waals surface area contributed by atoms with E-state index in [4.69, 9.17) is 9.47 Å². The van der Waals surface area contributed by atoms with Gasteiger partial charge in [-0.3, -0.25) is 9.59 Å². The molecule has 1 aromatic rings. The maximum atomic E-state index is 11.7. The second-order valence-electron chi connectivity index (χ2n) is 6.09. The highest BCUT2D eigenvalue weighted by Gasteiger charge is 2.18. The van der Waals surface area contributed by atoms with Gasteiger partial charge in [0.15, 0.2) is 13.2 Å². The van der Waals surface area contributed by atoms with Crippen LogP contribution in [0.25, 0.3) is 0 Å². The number of rotatable bonds is 9. The Bertz CT molecular complexity index is 646. The van der Waals surface area contributed by atoms with Gasteiger partial charge >= 0.3 is 5.97 Å². The van der Waals surface area contributed by atoms with Gasteiger partial charge in [-0.15, -0.1) is 23.5 Å². The van der Waals surface area contributed by atoms with Crippen LogP contribution in [0.15, 0.2) is 24.3 Å². The minimum Gasteiger partial charge on any atom is -0.482 e. The number of hydrogen-bond donors (Lipinski definition) is 2. The zero-order chi connectivity index (χ0) is 19.6. The second kappa shape index (κ2) is 11.1. The van der Waals surface area contributed by atoms with Crippen LogP contribution in [0.5, 0.6) is 5.75 Å². The summed E-state index contributed by atoms with van der Waals surface area (Å²) < 4.78 is 10.7. The van der Waals surface area contributed by atoms with Gasteiger partial charge in [0.05, 0.1) is 11.1 Å². The number of esters is 1. The Morgan fingerprint density at radius 2 is 1.74 bits per heavy atom. The lowest BCUT2D eigenvalue weighted by Crippen LogP contribution is -2.41. The van der Waals surface area contributed by atoms with Crippen LogP contribution in [-0.4, -0.2) is 55.1 Å². The first kappa shape index (κ1) is 21.4. The minimum absolute atomic E-state index is 0.00545. The number of nitrogens with one attached hydrogen (secondary N) is 2. The second-order valence-corrected chi connectivity index (χ2v) is 8.82. The van der Waals surface area contributed by atoms with Crippen LogP contribution in [0.3, 0.4) is 0 Å². The highest BCUT2D eigenvalue weighted by atomic mass is 32.2. The van der Waals surface area contributed by atoms with Crippen molar-refractivity contribution in [2.24, 2.45) is 0 Å². The normalized spacial score (nSPS) is 14.0. The number of thioether (sulfide) groups is 2. The van der Waals surface area contributed by atoms with Crippen LogP contribution in [-0.2, 0) is 19.1 Å². The SMILES string of the molecule is CC(C)NC(=O)CNC(=O)COC(=O)COc1ccc(C2SCCS2)cc1. The topological polar surface area (TPSA) is 93.7 Å². The Kier molecular flexibility index (Phi) is 8.80. The average Bonchev–Trinajstić information content (AvgIpc) is 3.17. The molecule has 1 aromatic carbocycles. The van der Waals surface area contributed by atoms with E-state index in [1.165, 1.54) is 5.56 Å². The lowest BCUT2D eigenvalue weighted by atomic mass is 10.2. The molecular formula is C18H24N2O5S2. The first-order valence-corrected chi connectivity index (χ1v) is 10.7. The summed E-state index contributed by atoms with van der Waals surface area (Å²) in [5.74, 6) is 1.40. The van der Waals surface area contributed by atoms with Crippen molar-refractivity contribution in [3.05, 3.63) is 29.8 Å². The Morgan fingerprint density at radius 1 is 1.07 bits per heavy atom. The summed E-state index contributed by atoms with van der Waals surface area (Å²) in [7, 11) is 0. The van der Waals surface area contributed by atoms with Crippen molar-refractivity contribution in [2.45, 2.75) is 24.5 Å². The molecule has 9 heteroatoms. The van der Waals surface area contributed by atoms with E-state index in [9.17, 15) is 14.4 Å². The smallest absolute Gasteiger partial charge is 0.344 e.